The molecule has 1 rings (SSSR count). The van der Waals surface area contributed by atoms with Crippen LogP contribution in [0.1, 0.15) is 51.9 Å². The smallest absolute Gasteiger partial charge is 0.243 e. The Hall–Kier alpha value is -1.23. The van der Waals surface area contributed by atoms with E-state index in [1.54, 1.807) is 0 Å². The lowest BCUT2D eigenvalue weighted by Gasteiger charge is -2.30. The third-order valence-electron chi connectivity index (χ3n) is 3.54. The molecule has 0 radical (unpaired) electrons. The van der Waals surface area contributed by atoms with E-state index in [1.807, 2.05) is 20.8 Å². The zero-order chi connectivity index (χ0) is 13.6. The van der Waals surface area contributed by atoms with Crippen molar-refractivity contribution < 1.29 is 5.11 Å². The maximum Gasteiger partial charge on any atom is 0.243 e. The maximum absolute atomic E-state index is 9.53. The van der Waals surface area contributed by atoms with Crippen molar-refractivity contribution in [1.29, 1.82) is 0 Å². The minimum Gasteiger partial charge on any atom is -0.394 e. The molecular weight excluding hydrogens is 228 g/mol. The summed E-state index contributed by atoms with van der Waals surface area (Å²) < 4.78 is 0. The van der Waals surface area contributed by atoms with Gasteiger partial charge in [0, 0.05) is 0 Å². The molecule has 0 aliphatic rings. The summed E-state index contributed by atoms with van der Waals surface area (Å²) in [7, 11) is 0. The van der Waals surface area contributed by atoms with Gasteiger partial charge in [-0.3, -0.25) is 0 Å². The van der Waals surface area contributed by atoms with Crippen LogP contribution in [0.3, 0.4) is 0 Å². The molecule has 5 heteroatoms. The lowest BCUT2D eigenvalue weighted by molar-refractivity contribution is 0.201. The zero-order valence-corrected chi connectivity index (χ0v) is 11.8. The molecule has 0 spiro atoms. The molecule has 1 heterocycles. The van der Waals surface area contributed by atoms with E-state index in [2.05, 4.69) is 27.4 Å². The second-order valence-corrected chi connectivity index (χ2v) is 4.51. The Labute approximate surface area is 109 Å². The molecular formula is C13H24N4O. The van der Waals surface area contributed by atoms with Crippen molar-refractivity contribution in [3.8, 4) is 0 Å². The Bertz CT molecular complexity index is 369. The topological polar surface area (TPSA) is 70.9 Å². The highest BCUT2D eigenvalue weighted by atomic mass is 16.3. The summed E-state index contributed by atoms with van der Waals surface area (Å²) in [6.45, 7) is 8.27. The van der Waals surface area contributed by atoms with Crippen molar-refractivity contribution in [1.82, 2.24) is 15.2 Å². The molecule has 18 heavy (non-hydrogen) atoms. The van der Waals surface area contributed by atoms with E-state index in [4.69, 9.17) is 0 Å². The van der Waals surface area contributed by atoms with Crippen LogP contribution in [0.4, 0.5) is 5.95 Å². The molecule has 0 fully saturated rings. The molecule has 2 N–H and O–H groups in total. The fourth-order valence-electron chi connectivity index (χ4n) is 1.92. The van der Waals surface area contributed by atoms with Crippen LogP contribution in [0.2, 0.25) is 0 Å². The number of anilines is 1. The Morgan fingerprint density at radius 3 is 2.06 bits per heavy atom. The normalized spacial score (nSPS) is 11.6. The fraction of sp³-hybridized carbons (Fsp3) is 0.769. The van der Waals surface area contributed by atoms with Gasteiger partial charge in [-0.1, -0.05) is 27.7 Å². The quantitative estimate of drug-likeness (QED) is 0.776. The van der Waals surface area contributed by atoms with E-state index in [9.17, 15) is 5.11 Å². The fourth-order valence-corrected chi connectivity index (χ4v) is 1.92. The second kappa shape index (κ2) is 6.64. The van der Waals surface area contributed by atoms with Crippen LogP contribution in [0.5, 0.6) is 0 Å². The number of hydrogen-bond donors (Lipinski definition) is 2. The number of nitrogens with one attached hydrogen (secondary N) is 1. The number of aryl methyl sites for hydroxylation is 2. The number of aromatic nitrogens is 3. The maximum atomic E-state index is 9.53. The predicted molar refractivity (Wildman–Crippen MR) is 72.6 cm³/mol. The van der Waals surface area contributed by atoms with Crippen molar-refractivity contribution in [3.05, 3.63) is 11.4 Å². The summed E-state index contributed by atoms with van der Waals surface area (Å²) in [5, 5.41) is 21.1. The predicted octanol–water partition coefficient (Wildman–Crippen LogP) is 1.96. The number of aliphatic hydroxyl groups is 1. The number of aliphatic hydroxyl groups excluding tert-OH is 1. The molecule has 0 aliphatic carbocycles. The van der Waals surface area contributed by atoms with Crippen molar-refractivity contribution in [2.45, 2.75) is 58.9 Å². The monoisotopic (exact) mass is 252 g/mol. The third kappa shape index (κ3) is 3.16. The highest BCUT2D eigenvalue weighted by Gasteiger charge is 2.26. The third-order valence-corrected chi connectivity index (χ3v) is 3.54. The average molecular weight is 252 g/mol. The molecule has 1 aromatic heterocycles. The van der Waals surface area contributed by atoms with E-state index in [-0.39, 0.29) is 12.1 Å². The van der Waals surface area contributed by atoms with Gasteiger partial charge in [0.05, 0.1) is 23.5 Å². The minimum atomic E-state index is -0.347. The van der Waals surface area contributed by atoms with Crippen molar-refractivity contribution in [2.24, 2.45) is 0 Å². The Morgan fingerprint density at radius 1 is 1.00 bits per heavy atom. The highest BCUT2D eigenvalue weighted by molar-refractivity contribution is 5.30. The molecule has 0 unspecified atom stereocenters. The van der Waals surface area contributed by atoms with Crippen LogP contribution in [0.25, 0.3) is 0 Å². The first-order valence-corrected chi connectivity index (χ1v) is 6.76. The highest BCUT2D eigenvalue weighted by Crippen LogP contribution is 2.19. The van der Waals surface area contributed by atoms with Crippen LogP contribution in [-0.4, -0.2) is 32.4 Å². The Balaban J connectivity index is 2.97. The molecule has 5 nitrogen and oxygen atoms in total. The van der Waals surface area contributed by atoms with Gasteiger partial charge in [0.25, 0.3) is 0 Å². The van der Waals surface area contributed by atoms with E-state index < -0.39 is 0 Å². The Kier molecular flexibility index (Phi) is 5.47. The van der Waals surface area contributed by atoms with Crippen LogP contribution >= 0.6 is 0 Å². The molecule has 0 saturated heterocycles. The van der Waals surface area contributed by atoms with E-state index in [0.717, 1.165) is 37.1 Å². The second-order valence-electron chi connectivity index (χ2n) is 4.51. The van der Waals surface area contributed by atoms with Crippen LogP contribution in [0, 0.1) is 0 Å². The first-order chi connectivity index (χ1) is 8.64. The van der Waals surface area contributed by atoms with Gasteiger partial charge in [-0.15, -0.1) is 5.10 Å². The summed E-state index contributed by atoms with van der Waals surface area (Å²) in [5.74, 6) is 0.516. The van der Waals surface area contributed by atoms with Crippen LogP contribution in [0.15, 0.2) is 0 Å². The molecule has 0 aromatic carbocycles. The lowest BCUT2D eigenvalue weighted by Crippen LogP contribution is -2.41. The molecule has 0 saturated carbocycles. The summed E-state index contributed by atoms with van der Waals surface area (Å²) in [5.41, 5.74) is 1.58. The van der Waals surface area contributed by atoms with Gasteiger partial charge in [-0.25, -0.2) is 4.98 Å². The molecule has 1 aromatic rings. The van der Waals surface area contributed by atoms with Gasteiger partial charge in [-0.05, 0) is 25.7 Å². The molecule has 102 valence electrons. The van der Waals surface area contributed by atoms with Gasteiger partial charge in [0.1, 0.15) is 0 Å². The standard InChI is InChI=1S/C13H24N4O/c1-5-10-11(6-2)16-17-12(14-10)15-13(7-3,8-4)9-18/h18H,5-9H2,1-4H3,(H,14,15,17). The van der Waals surface area contributed by atoms with E-state index >= 15 is 0 Å². The van der Waals surface area contributed by atoms with Gasteiger partial charge >= 0.3 is 0 Å². The van der Waals surface area contributed by atoms with Gasteiger partial charge < -0.3 is 10.4 Å². The Morgan fingerprint density at radius 2 is 1.61 bits per heavy atom. The first-order valence-electron chi connectivity index (χ1n) is 6.76. The molecule has 0 aliphatic heterocycles. The molecule has 0 atom stereocenters. The van der Waals surface area contributed by atoms with Gasteiger partial charge in [0.15, 0.2) is 0 Å². The minimum absolute atomic E-state index is 0.0698. The van der Waals surface area contributed by atoms with Crippen LogP contribution < -0.4 is 5.32 Å². The van der Waals surface area contributed by atoms with Crippen molar-refractivity contribution in [3.63, 3.8) is 0 Å². The largest absolute Gasteiger partial charge is 0.394 e. The van der Waals surface area contributed by atoms with E-state index in [0.29, 0.717) is 5.95 Å². The average Bonchev–Trinajstić information content (AvgIpc) is 2.44. The SMILES string of the molecule is CCc1nnc(NC(CC)(CC)CO)nc1CC. The summed E-state index contributed by atoms with van der Waals surface area (Å²) >= 11 is 0. The summed E-state index contributed by atoms with van der Waals surface area (Å²) in [6.07, 6.45) is 3.33. The number of hydrogen-bond acceptors (Lipinski definition) is 5. The number of nitrogens with zero attached hydrogens (tertiary/aromatic N) is 3. The zero-order valence-electron chi connectivity index (χ0n) is 11.8. The summed E-state index contributed by atoms with van der Waals surface area (Å²) in [6, 6.07) is 0. The van der Waals surface area contributed by atoms with Crippen molar-refractivity contribution in [2.75, 3.05) is 11.9 Å². The number of rotatable bonds is 7. The molecule has 0 amide bonds. The van der Waals surface area contributed by atoms with Gasteiger partial charge in [0.2, 0.25) is 5.95 Å². The van der Waals surface area contributed by atoms with Gasteiger partial charge in [-0.2, -0.15) is 5.10 Å². The lowest BCUT2D eigenvalue weighted by atomic mass is 9.94. The first kappa shape index (κ1) is 14.8. The van der Waals surface area contributed by atoms with E-state index in [1.165, 1.54) is 0 Å². The summed E-state index contributed by atoms with van der Waals surface area (Å²) in [4.78, 5) is 4.49. The molecule has 0 bridgehead atoms. The van der Waals surface area contributed by atoms with Crippen LogP contribution in [-0.2, 0) is 12.8 Å². The van der Waals surface area contributed by atoms with Crippen molar-refractivity contribution >= 4 is 5.95 Å².